The second kappa shape index (κ2) is 7.66. The molecule has 0 spiro atoms. The minimum Gasteiger partial charge on any atom is -0.313 e. The molecule has 0 amide bonds. The van der Waals surface area contributed by atoms with Gasteiger partial charge in [0.25, 0.3) is 5.69 Å². The zero-order valence-electron chi connectivity index (χ0n) is 14.5. The van der Waals surface area contributed by atoms with E-state index < -0.39 is 0 Å². The highest BCUT2D eigenvalue weighted by atomic mass is 35.5. The quantitative estimate of drug-likeness (QED) is 0.391. The van der Waals surface area contributed by atoms with E-state index in [1.807, 2.05) is 24.3 Å². The Balaban J connectivity index is 1.90. The molecular formula is C20H18ClN3O2S. The van der Waals surface area contributed by atoms with Gasteiger partial charge in [-0.25, -0.2) is 4.99 Å². The lowest BCUT2D eigenvalue weighted by atomic mass is 10.1. The molecule has 138 valence electrons. The summed E-state index contributed by atoms with van der Waals surface area (Å²) < 4.78 is 2.24. The molecule has 0 saturated heterocycles. The smallest absolute Gasteiger partial charge is 0.294 e. The maximum atomic E-state index is 11.3. The Hall–Kier alpha value is -2.44. The number of nitro benzene ring substituents is 1. The van der Waals surface area contributed by atoms with Crippen molar-refractivity contribution in [2.75, 3.05) is 0 Å². The summed E-state index contributed by atoms with van der Waals surface area (Å²) in [6.07, 6.45) is 4.56. The fraction of sp³-hybridized carbons (Fsp3) is 0.250. The monoisotopic (exact) mass is 399 g/mol. The van der Waals surface area contributed by atoms with E-state index >= 15 is 0 Å². The molecule has 27 heavy (non-hydrogen) atoms. The maximum absolute atomic E-state index is 11.3. The van der Waals surface area contributed by atoms with E-state index in [4.69, 9.17) is 11.6 Å². The third-order valence-electron chi connectivity index (χ3n) is 4.85. The topological polar surface area (TPSA) is 60.4 Å². The molecular weight excluding hydrogens is 382 g/mol. The molecule has 0 atom stereocenters. The van der Waals surface area contributed by atoms with Gasteiger partial charge in [0.1, 0.15) is 5.69 Å². The van der Waals surface area contributed by atoms with Gasteiger partial charge < -0.3 is 4.57 Å². The van der Waals surface area contributed by atoms with Gasteiger partial charge in [-0.05, 0) is 31.0 Å². The number of halogens is 1. The summed E-state index contributed by atoms with van der Waals surface area (Å²) >= 11 is 7.70. The van der Waals surface area contributed by atoms with E-state index in [1.54, 1.807) is 18.2 Å². The average Bonchev–Trinajstić information content (AvgIpc) is 3.31. The van der Waals surface area contributed by atoms with Crippen LogP contribution in [0.3, 0.4) is 0 Å². The van der Waals surface area contributed by atoms with Gasteiger partial charge in [-0.15, -0.1) is 11.3 Å². The van der Waals surface area contributed by atoms with E-state index in [1.165, 1.54) is 30.2 Å². The first-order chi connectivity index (χ1) is 13.1. The van der Waals surface area contributed by atoms with Gasteiger partial charge in [0, 0.05) is 28.1 Å². The molecule has 4 rings (SSSR count). The molecule has 1 aliphatic rings. The Morgan fingerprint density at radius 2 is 1.93 bits per heavy atom. The molecule has 0 bridgehead atoms. The third kappa shape index (κ3) is 3.68. The highest BCUT2D eigenvalue weighted by molar-refractivity contribution is 7.07. The van der Waals surface area contributed by atoms with Crippen LogP contribution < -0.4 is 4.80 Å². The average molecular weight is 400 g/mol. The van der Waals surface area contributed by atoms with E-state index in [0.717, 1.165) is 28.9 Å². The first kappa shape index (κ1) is 17.9. The van der Waals surface area contributed by atoms with Crippen LogP contribution in [0.5, 0.6) is 0 Å². The lowest BCUT2D eigenvalue weighted by molar-refractivity contribution is -0.384. The van der Waals surface area contributed by atoms with Crippen molar-refractivity contribution in [3.63, 3.8) is 0 Å². The summed E-state index contributed by atoms with van der Waals surface area (Å²) in [6, 6.07) is 14.7. The standard InChI is InChI=1S/C20H18ClN3O2S/c21-15-7-5-6-14(12-15)19-13-27-20(23(19)16-8-1-2-9-16)22-17-10-3-4-11-18(17)24(25)26/h3-7,10-13,16H,1-2,8-9H2. The Morgan fingerprint density at radius 3 is 2.67 bits per heavy atom. The largest absolute Gasteiger partial charge is 0.313 e. The van der Waals surface area contributed by atoms with E-state index in [9.17, 15) is 10.1 Å². The lowest BCUT2D eigenvalue weighted by Gasteiger charge is -2.16. The third-order valence-corrected chi connectivity index (χ3v) is 5.92. The molecule has 3 aromatic rings. The van der Waals surface area contributed by atoms with Crippen LogP contribution in [0.4, 0.5) is 11.4 Å². The van der Waals surface area contributed by atoms with Crippen molar-refractivity contribution in [1.82, 2.24) is 4.57 Å². The van der Waals surface area contributed by atoms with Crippen molar-refractivity contribution in [1.29, 1.82) is 0 Å². The van der Waals surface area contributed by atoms with Gasteiger partial charge in [0.05, 0.1) is 10.6 Å². The summed E-state index contributed by atoms with van der Waals surface area (Å²) in [5.41, 5.74) is 2.50. The maximum Gasteiger partial charge on any atom is 0.294 e. The van der Waals surface area contributed by atoms with Crippen LogP contribution in [-0.4, -0.2) is 9.49 Å². The highest BCUT2D eigenvalue weighted by Crippen LogP contribution is 2.34. The van der Waals surface area contributed by atoms with Crippen LogP contribution in [0.2, 0.25) is 5.02 Å². The fourth-order valence-corrected chi connectivity index (χ4v) is 4.76. The summed E-state index contributed by atoms with van der Waals surface area (Å²) in [5, 5.41) is 14.1. The second-order valence-corrected chi connectivity index (χ2v) is 7.85. The van der Waals surface area contributed by atoms with Crippen LogP contribution in [0.1, 0.15) is 31.7 Å². The van der Waals surface area contributed by atoms with Crippen molar-refractivity contribution < 1.29 is 4.92 Å². The number of aromatic nitrogens is 1. The fourth-order valence-electron chi connectivity index (χ4n) is 3.59. The molecule has 7 heteroatoms. The van der Waals surface area contributed by atoms with Gasteiger partial charge in [-0.1, -0.05) is 48.7 Å². The van der Waals surface area contributed by atoms with Crippen LogP contribution in [0.15, 0.2) is 58.9 Å². The summed E-state index contributed by atoms with van der Waals surface area (Å²) in [6.45, 7) is 0. The van der Waals surface area contributed by atoms with Crippen molar-refractivity contribution in [3.05, 3.63) is 73.8 Å². The highest BCUT2D eigenvalue weighted by Gasteiger charge is 2.22. The Kier molecular flexibility index (Phi) is 5.09. The molecule has 1 heterocycles. The summed E-state index contributed by atoms with van der Waals surface area (Å²) in [7, 11) is 0. The first-order valence-corrected chi connectivity index (χ1v) is 10.1. The number of rotatable bonds is 4. The number of nitro groups is 1. The zero-order valence-corrected chi connectivity index (χ0v) is 16.1. The normalized spacial score (nSPS) is 15.4. The predicted octanol–water partition coefficient (Wildman–Crippen LogP) is 6.13. The van der Waals surface area contributed by atoms with Gasteiger partial charge in [0.15, 0.2) is 4.80 Å². The number of nitrogens with zero attached hydrogens (tertiary/aromatic N) is 3. The Bertz CT molecular complexity index is 1050. The van der Waals surface area contributed by atoms with Crippen molar-refractivity contribution in [3.8, 4) is 11.3 Å². The van der Waals surface area contributed by atoms with Crippen LogP contribution in [0, 0.1) is 10.1 Å². The van der Waals surface area contributed by atoms with E-state index in [-0.39, 0.29) is 10.6 Å². The number of hydrogen-bond acceptors (Lipinski definition) is 4. The summed E-state index contributed by atoms with van der Waals surface area (Å²) in [4.78, 5) is 16.4. The van der Waals surface area contributed by atoms with Gasteiger partial charge in [0.2, 0.25) is 0 Å². The van der Waals surface area contributed by atoms with E-state index in [0.29, 0.717) is 16.8 Å². The predicted molar refractivity (Wildman–Crippen MR) is 109 cm³/mol. The SMILES string of the molecule is O=[N+]([O-])c1ccccc1N=c1scc(-c2cccc(Cl)c2)n1C1CCCC1. The number of hydrogen-bond donors (Lipinski definition) is 0. The minimum atomic E-state index is -0.385. The molecule has 5 nitrogen and oxygen atoms in total. The van der Waals surface area contributed by atoms with Crippen molar-refractivity contribution >= 4 is 34.3 Å². The van der Waals surface area contributed by atoms with Gasteiger partial charge in [-0.3, -0.25) is 10.1 Å². The number of para-hydroxylation sites is 2. The Labute approximate surface area is 165 Å². The molecule has 1 aliphatic carbocycles. The van der Waals surface area contributed by atoms with Crippen LogP contribution >= 0.6 is 22.9 Å². The molecule has 1 fully saturated rings. The molecule has 0 N–H and O–H groups in total. The molecule has 0 radical (unpaired) electrons. The molecule has 0 unspecified atom stereocenters. The number of thiazole rings is 1. The Morgan fingerprint density at radius 1 is 1.15 bits per heavy atom. The van der Waals surface area contributed by atoms with Crippen LogP contribution in [0.25, 0.3) is 11.3 Å². The second-order valence-electron chi connectivity index (χ2n) is 6.58. The molecule has 2 aromatic carbocycles. The molecule has 1 aromatic heterocycles. The van der Waals surface area contributed by atoms with Crippen LogP contribution in [-0.2, 0) is 0 Å². The van der Waals surface area contributed by atoms with E-state index in [2.05, 4.69) is 14.9 Å². The first-order valence-electron chi connectivity index (χ1n) is 8.87. The minimum absolute atomic E-state index is 0.0215. The summed E-state index contributed by atoms with van der Waals surface area (Å²) in [5.74, 6) is 0. The van der Waals surface area contributed by atoms with Crippen molar-refractivity contribution in [2.45, 2.75) is 31.7 Å². The van der Waals surface area contributed by atoms with Gasteiger partial charge >= 0.3 is 0 Å². The zero-order chi connectivity index (χ0) is 18.8. The lowest BCUT2D eigenvalue weighted by Crippen LogP contribution is -2.20. The molecule has 1 saturated carbocycles. The number of benzene rings is 2. The van der Waals surface area contributed by atoms with Crippen molar-refractivity contribution in [2.24, 2.45) is 4.99 Å². The van der Waals surface area contributed by atoms with Gasteiger partial charge in [-0.2, -0.15) is 0 Å². The molecule has 0 aliphatic heterocycles.